The molecular formula is C18H27Cl2N5O. The van der Waals surface area contributed by atoms with Gasteiger partial charge in [0.05, 0.1) is 5.69 Å². The lowest BCUT2D eigenvalue weighted by molar-refractivity contribution is -0.121. The van der Waals surface area contributed by atoms with Crippen LogP contribution >= 0.6 is 24.8 Å². The number of carbonyl (C=O) groups is 1. The number of pyridine rings is 1. The van der Waals surface area contributed by atoms with Gasteiger partial charge in [-0.1, -0.05) is 6.07 Å². The topological polar surface area (TPSA) is 71.8 Å². The number of rotatable bonds is 6. The maximum atomic E-state index is 11.9. The minimum atomic E-state index is 0. The molecule has 1 fully saturated rings. The van der Waals surface area contributed by atoms with Gasteiger partial charge in [0.2, 0.25) is 5.91 Å². The van der Waals surface area contributed by atoms with Gasteiger partial charge in [-0.25, -0.2) is 9.67 Å². The van der Waals surface area contributed by atoms with E-state index in [9.17, 15) is 4.79 Å². The zero-order chi connectivity index (χ0) is 16.9. The predicted octanol–water partition coefficient (Wildman–Crippen LogP) is 2.73. The molecule has 0 aliphatic carbocycles. The number of aromatic nitrogens is 3. The minimum Gasteiger partial charge on any atom is -0.352 e. The Labute approximate surface area is 167 Å². The zero-order valence-corrected chi connectivity index (χ0v) is 16.8. The summed E-state index contributed by atoms with van der Waals surface area (Å²) in [5, 5.41) is 10.7. The molecule has 3 heterocycles. The number of halogens is 2. The summed E-state index contributed by atoms with van der Waals surface area (Å²) in [6, 6.07) is 5.95. The molecule has 1 unspecified atom stereocenters. The standard InChI is InChI=1S/C18H25N5O.2ClH/c1-13-9-14(2)23(22-13)17-5-3-16(11-20-17)12-21-18(24)6-4-15-7-8-19-10-15;;/h3,5,9,11,15,19H,4,6-8,10,12H2,1-2H3,(H,21,24);2*1H. The second-order valence-electron chi connectivity index (χ2n) is 6.54. The van der Waals surface area contributed by atoms with E-state index in [0.717, 1.165) is 42.3 Å². The van der Waals surface area contributed by atoms with Gasteiger partial charge in [-0.15, -0.1) is 24.8 Å². The van der Waals surface area contributed by atoms with Gasteiger partial charge < -0.3 is 10.6 Å². The summed E-state index contributed by atoms with van der Waals surface area (Å²) in [6.07, 6.45) is 4.55. The molecule has 6 nitrogen and oxygen atoms in total. The molecule has 1 aliphatic heterocycles. The SMILES string of the molecule is Cc1cc(C)n(-c2ccc(CNC(=O)CCC3CCNC3)cn2)n1.Cl.Cl. The molecule has 2 aromatic heterocycles. The summed E-state index contributed by atoms with van der Waals surface area (Å²) in [6.45, 7) is 6.63. The molecule has 8 heteroatoms. The number of carbonyl (C=O) groups excluding carboxylic acids is 1. The highest BCUT2D eigenvalue weighted by Gasteiger charge is 2.15. The van der Waals surface area contributed by atoms with Crippen LogP contribution in [0.5, 0.6) is 0 Å². The molecule has 3 rings (SSSR count). The van der Waals surface area contributed by atoms with Crippen LogP contribution in [0.1, 0.15) is 36.2 Å². The Morgan fingerprint density at radius 3 is 2.73 bits per heavy atom. The third-order valence-electron chi connectivity index (χ3n) is 4.47. The molecule has 0 radical (unpaired) electrons. The Hall–Kier alpha value is -1.63. The molecule has 1 amide bonds. The molecule has 0 aromatic carbocycles. The van der Waals surface area contributed by atoms with Gasteiger partial charge in [0.25, 0.3) is 0 Å². The van der Waals surface area contributed by atoms with Crippen molar-refractivity contribution in [2.75, 3.05) is 13.1 Å². The van der Waals surface area contributed by atoms with Crippen LogP contribution in [0.3, 0.4) is 0 Å². The van der Waals surface area contributed by atoms with Crippen LogP contribution in [-0.2, 0) is 11.3 Å². The summed E-state index contributed by atoms with van der Waals surface area (Å²) < 4.78 is 1.83. The fourth-order valence-electron chi connectivity index (χ4n) is 3.09. The second kappa shape index (κ2) is 10.5. The highest BCUT2D eigenvalue weighted by molar-refractivity contribution is 5.85. The lowest BCUT2D eigenvalue weighted by Crippen LogP contribution is -2.23. The van der Waals surface area contributed by atoms with Gasteiger partial charge in [-0.2, -0.15) is 5.10 Å². The van der Waals surface area contributed by atoms with Gasteiger partial charge in [-0.05, 0) is 63.4 Å². The van der Waals surface area contributed by atoms with E-state index >= 15 is 0 Å². The highest BCUT2D eigenvalue weighted by Crippen LogP contribution is 2.14. The van der Waals surface area contributed by atoms with Crippen molar-refractivity contribution in [3.8, 4) is 5.82 Å². The molecule has 144 valence electrons. The van der Waals surface area contributed by atoms with Crippen molar-refractivity contribution < 1.29 is 4.79 Å². The van der Waals surface area contributed by atoms with Gasteiger partial charge >= 0.3 is 0 Å². The minimum absolute atomic E-state index is 0. The lowest BCUT2D eigenvalue weighted by Gasteiger charge is -2.09. The van der Waals surface area contributed by atoms with E-state index in [1.54, 1.807) is 6.20 Å². The normalized spacial score (nSPS) is 15.8. The smallest absolute Gasteiger partial charge is 0.220 e. The van der Waals surface area contributed by atoms with Crippen LogP contribution in [0.15, 0.2) is 24.4 Å². The Morgan fingerprint density at radius 2 is 2.15 bits per heavy atom. The van der Waals surface area contributed by atoms with Crippen molar-refractivity contribution in [3.63, 3.8) is 0 Å². The van der Waals surface area contributed by atoms with E-state index in [1.807, 2.05) is 36.7 Å². The van der Waals surface area contributed by atoms with Crippen molar-refractivity contribution in [2.24, 2.45) is 5.92 Å². The van der Waals surface area contributed by atoms with E-state index in [0.29, 0.717) is 18.9 Å². The van der Waals surface area contributed by atoms with E-state index in [2.05, 4.69) is 20.7 Å². The quantitative estimate of drug-likeness (QED) is 0.782. The first kappa shape index (κ1) is 22.4. The van der Waals surface area contributed by atoms with Crippen molar-refractivity contribution >= 4 is 30.7 Å². The number of aryl methyl sites for hydroxylation is 2. The molecule has 0 saturated carbocycles. The molecular weight excluding hydrogens is 373 g/mol. The van der Waals surface area contributed by atoms with E-state index in [4.69, 9.17) is 0 Å². The van der Waals surface area contributed by atoms with Crippen molar-refractivity contribution in [1.29, 1.82) is 0 Å². The van der Waals surface area contributed by atoms with Crippen molar-refractivity contribution in [3.05, 3.63) is 41.3 Å². The van der Waals surface area contributed by atoms with Gasteiger partial charge in [-0.3, -0.25) is 4.79 Å². The molecule has 1 aliphatic rings. The van der Waals surface area contributed by atoms with Gasteiger partial charge in [0.1, 0.15) is 0 Å². The van der Waals surface area contributed by atoms with Gasteiger partial charge in [0.15, 0.2) is 5.82 Å². The first-order valence-corrected chi connectivity index (χ1v) is 8.58. The number of hydrogen-bond acceptors (Lipinski definition) is 4. The third kappa shape index (κ3) is 5.97. The molecule has 1 atom stereocenters. The summed E-state index contributed by atoms with van der Waals surface area (Å²) in [7, 11) is 0. The van der Waals surface area contributed by atoms with Crippen LogP contribution in [0, 0.1) is 19.8 Å². The van der Waals surface area contributed by atoms with E-state index in [-0.39, 0.29) is 30.7 Å². The number of amides is 1. The largest absolute Gasteiger partial charge is 0.352 e. The molecule has 0 spiro atoms. The van der Waals surface area contributed by atoms with Gasteiger partial charge in [0, 0.05) is 24.9 Å². The van der Waals surface area contributed by atoms with E-state index in [1.165, 1.54) is 6.42 Å². The van der Waals surface area contributed by atoms with Crippen LogP contribution in [0.2, 0.25) is 0 Å². The first-order chi connectivity index (χ1) is 11.6. The Bertz CT molecular complexity index is 696. The molecule has 2 N–H and O–H groups in total. The van der Waals surface area contributed by atoms with Crippen LogP contribution < -0.4 is 10.6 Å². The number of hydrogen-bond donors (Lipinski definition) is 2. The maximum Gasteiger partial charge on any atom is 0.220 e. The zero-order valence-electron chi connectivity index (χ0n) is 15.2. The monoisotopic (exact) mass is 399 g/mol. The van der Waals surface area contributed by atoms with Crippen molar-refractivity contribution in [1.82, 2.24) is 25.4 Å². The average molecular weight is 400 g/mol. The Morgan fingerprint density at radius 1 is 1.35 bits per heavy atom. The average Bonchev–Trinajstić information content (AvgIpc) is 3.21. The lowest BCUT2D eigenvalue weighted by atomic mass is 10.0. The maximum absolute atomic E-state index is 11.9. The predicted molar refractivity (Wildman–Crippen MR) is 107 cm³/mol. The third-order valence-corrected chi connectivity index (χ3v) is 4.47. The summed E-state index contributed by atoms with van der Waals surface area (Å²) >= 11 is 0. The summed E-state index contributed by atoms with van der Waals surface area (Å²) in [4.78, 5) is 16.4. The molecule has 0 bridgehead atoms. The molecule has 1 saturated heterocycles. The summed E-state index contributed by atoms with van der Waals surface area (Å²) in [5.41, 5.74) is 3.03. The number of nitrogens with one attached hydrogen (secondary N) is 2. The molecule has 2 aromatic rings. The van der Waals surface area contributed by atoms with E-state index < -0.39 is 0 Å². The second-order valence-corrected chi connectivity index (χ2v) is 6.54. The van der Waals surface area contributed by atoms with Crippen LogP contribution in [0.4, 0.5) is 0 Å². The fourth-order valence-corrected chi connectivity index (χ4v) is 3.09. The Kier molecular flexibility index (Phi) is 9.05. The first-order valence-electron chi connectivity index (χ1n) is 8.58. The Balaban J connectivity index is 0.00000169. The summed E-state index contributed by atoms with van der Waals surface area (Å²) in [5.74, 6) is 1.56. The highest BCUT2D eigenvalue weighted by atomic mass is 35.5. The molecule has 26 heavy (non-hydrogen) atoms. The van der Waals surface area contributed by atoms with Crippen LogP contribution in [-0.4, -0.2) is 33.8 Å². The van der Waals surface area contributed by atoms with Crippen LogP contribution in [0.25, 0.3) is 5.82 Å². The fraction of sp³-hybridized carbons (Fsp3) is 0.500. The number of nitrogens with zero attached hydrogens (tertiary/aromatic N) is 3. The van der Waals surface area contributed by atoms with Crippen molar-refractivity contribution in [2.45, 2.75) is 39.7 Å².